The van der Waals surface area contributed by atoms with E-state index in [2.05, 4.69) is 44.6 Å². The van der Waals surface area contributed by atoms with E-state index in [0.29, 0.717) is 5.82 Å². The maximum Gasteiger partial charge on any atom is 0.152 e. The first-order chi connectivity index (χ1) is 17.1. The number of Topliss-reactive ketones (excluding diaryl/α,β-unsaturated/α-hetero) is 1. The van der Waals surface area contributed by atoms with Crippen LogP contribution in [-0.2, 0) is 17.8 Å². The number of imidazole rings is 1. The Morgan fingerprint density at radius 2 is 1.80 bits per heavy atom. The third-order valence-corrected chi connectivity index (χ3v) is 6.61. The van der Waals surface area contributed by atoms with Gasteiger partial charge in [0.25, 0.3) is 0 Å². The maximum absolute atomic E-state index is 11.4. The number of hydrogen-bond acceptors (Lipinski definition) is 7. The van der Waals surface area contributed by atoms with Crippen molar-refractivity contribution in [3.63, 3.8) is 0 Å². The maximum atomic E-state index is 11.4. The highest BCUT2D eigenvalue weighted by atomic mass is 16.1. The predicted molar refractivity (Wildman–Crippen MR) is 146 cm³/mol. The van der Waals surface area contributed by atoms with Crippen LogP contribution in [0.4, 0.5) is 5.82 Å². The van der Waals surface area contributed by atoms with Crippen molar-refractivity contribution >= 4 is 33.5 Å². The molecule has 0 saturated carbocycles. The number of hydrogen-bond donors (Lipinski definition) is 4. The van der Waals surface area contributed by atoms with Gasteiger partial charge in [-0.1, -0.05) is 38.0 Å². The van der Waals surface area contributed by atoms with Crippen LogP contribution in [0.5, 0.6) is 0 Å². The number of carbonyl (C=O) groups is 1. The van der Waals surface area contributed by atoms with Crippen molar-refractivity contribution in [3.8, 4) is 0 Å². The zero-order valence-electron chi connectivity index (χ0n) is 21.7. The summed E-state index contributed by atoms with van der Waals surface area (Å²) in [5, 5.41) is 11.1. The van der Waals surface area contributed by atoms with Gasteiger partial charge in [-0.05, 0) is 65.2 Å². The van der Waals surface area contributed by atoms with Crippen LogP contribution in [0.15, 0.2) is 24.3 Å². The van der Waals surface area contributed by atoms with E-state index in [0.717, 1.165) is 105 Å². The molecule has 0 fully saturated rings. The molecule has 5 N–H and O–H groups in total. The first-order valence-corrected chi connectivity index (χ1v) is 13.2. The summed E-state index contributed by atoms with van der Waals surface area (Å²) in [4.78, 5) is 20.9. The SMILES string of the molecule is CCCCc1nc2c(N)nc3ccccc3c2n1CCCCNCNCCCCC(NC)C(C)=O. The number of benzene rings is 1. The molecular weight excluding hydrogens is 438 g/mol. The Bertz CT molecular complexity index is 1080. The fourth-order valence-electron chi connectivity index (χ4n) is 4.61. The van der Waals surface area contributed by atoms with Gasteiger partial charge in [0.15, 0.2) is 5.82 Å². The van der Waals surface area contributed by atoms with Gasteiger partial charge in [-0.3, -0.25) is 4.79 Å². The molecule has 8 heteroatoms. The summed E-state index contributed by atoms with van der Waals surface area (Å²) in [6.07, 6.45) is 8.41. The Hall–Kier alpha value is -2.55. The van der Waals surface area contributed by atoms with Crippen LogP contribution >= 0.6 is 0 Å². The Balaban J connectivity index is 1.46. The summed E-state index contributed by atoms with van der Waals surface area (Å²) in [7, 11) is 1.85. The fraction of sp³-hybridized carbons (Fsp3) is 0.593. The van der Waals surface area contributed by atoms with E-state index in [-0.39, 0.29) is 11.8 Å². The van der Waals surface area contributed by atoms with Crippen molar-refractivity contribution in [2.45, 2.75) is 77.8 Å². The van der Waals surface area contributed by atoms with Gasteiger partial charge in [0.1, 0.15) is 17.1 Å². The van der Waals surface area contributed by atoms with E-state index < -0.39 is 0 Å². The van der Waals surface area contributed by atoms with E-state index in [9.17, 15) is 4.79 Å². The molecule has 1 atom stereocenters. The van der Waals surface area contributed by atoms with Crippen molar-refractivity contribution in [2.24, 2.45) is 0 Å². The van der Waals surface area contributed by atoms with Gasteiger partial charge in [0.05, 0.1) is 17.1 Å². The number of aryl methyl sites for hydroxylation is 2. The van der Waals surface area contributed by atoms with E-state index >= 15 is 0 Å². The molecule has 3 aromatic rings. The molecule has 35 heavy (non-hydrogen) atoms. The Labute approximate surface area is 209 Å². The number of unbranched alkanes of at least 4 members (excludes halogenated alkanes) is 3. The molecule has 0 amide bonds. The van der Waals surface area contributed by atoms with Crippen LogP contribution in [0, 0.1) is 0 Å². The van der Waals surface area contributed by atoms with Crippen LogP contribution in [0.3, 0.4) is 0 Å². The summed E-state index contributed by atoms with van der Waals surface area (Å²) in [5.41, 5.74) is 9.19. The van der Waals surface area contributed by atoms with Crippen molar-refractivity contribution in [1.82, 2.24) is 30.5 Å². The van der Waals surface area contributed by atoms with Gasteiger partial charge in [0, 0.05) is 25.0 Å². The number of nitrogens with two attached hydrogens (primary N) is 1. The van der Waals surface area contributed by atoms with Gasteiger partial charge < -0.3 is 26.3 Å². The standard InChI is InChI=1S/C27H43N7O/c1-4-5-15-24-33-25-26(21-12-6-7-14-23(21)32-27(25)28)34(24)18-11-10-17-31-19-30-16-9-8-13-22(29-3)20(2)35/h6-7,12,14,22,29-31H,4-5,8-11,13,15-19H2,1-3H3,(H2,28,32). The molecule has 0 spiro atoms. The summed E-state index contributed by atoms with van der Waals surface area (Å²) >= 11 is 0. The number of nitrogen functional groups attached to an aromatic ring is 1. The van der Waals surface area contributed by atoms with Crippen LogP contribution in [0.2, 0.25) is 0 Å². The molecular formula is C27H43N7O. The van der Waals surface area contributed by atoms with Gasteiger partial charge in [-0.25, -0.2) is 9.97 Å². The highest BCUT2D eigenvalue weighted by Gasteiger charge is 2.16. The number of nitrogens with zero attached hydrogens (tertiary/aromatic N) is 3. The second-order valence-corrected chi connectivity index (χ2v) is 9.33. The minimum atomic E-state index is -0.00563. The molecule has 2 aromatic heterocycles. The van der Waals surface area contributed by atoms with E-state index in [1.165, 1.54) is 0 Å². The molecule has 192 valence electrons. The quantitative estimate of drug-likeness (QED) is 0.172. The van der Waals surface area contributed by atoms with Gasteiger partial charge >= 0.3 is 0 Å². The van der Waals surface area contributed by atoms with Crippen LogP contribution < -0.4 is 21.7 Å². The van der Waals surface area contributed by atoms with Gasteiger partial charge in [0.2, 0.25) is 0 Å². The molecule has 0 aliphatic rings. The molecule has 0 aliphatic heterocycles. The number of pyridine rings is 1. The molecule has 0 aliphatic carbocycles. The monoisotopic (exact) mass is 481 g/mol. The van der Waals surface area contributed by atoms with E-state index in [1.807, 2.05) is 19.2 Å². The number of likely N-dealkylation sites (N-methyl/N-ethyl adjacent to an activating group) is 1. The number of rotatable bonds is 17. The van der Waals surface area contributed by atoms with Gasteiger partial charge in [-0.2, -0.15) is 0 Å². The average molecular weight is 482 g/mol. The lowest BCUT2D eigenvalue weighted by molar-refractivity contribution is -0.119. The largest absolute Gasteiger partial charge is 0.382 e. The normalized spacial score (nSPS) is 12.5. The third-order valence-electron chi connectivity index (χ3n) is 6.61. The van der Waals surface area contributed by atoms with Crippen LogP contribution in [-0.4, -0.2) is 53.2 Å². The Morgan fingerprint density at radius 3 is 2.51 bits per heavy atom. The minimum absolute atomic E-state index is 0.00563. The number of para-hydroxylation sites is 1. The van der Waals surface area contributed by atoms with Crippen LogP contribution in [0.25, 0.3) is 21.9 Å². The lowest BCUT2D eigenvalue weighted by atomic mass is 10.1. The number of aromatic nitrogens is 3. The summed E-state index contributed by atoms with van der Waals surface area (Å²) in [6, 6.07) is 8.20. The predicted octanol–water partition coefficient (Wildman–Crippen LogP) is 3.77. The topological polar surface area (TPSA) is 110 Å². The smallest absolute Gasteiger partial charge is 0.152 e. The third kappa shape index (κ3) is 7.46. The van der Waals surface area contributed by atoms with Crippen molar-refractivity contribution < 1.29 is 4.79 Å². The van der Waals surface area contributed by atoms with Crippen molar-refractivity contribution in [1.29, 1.82) is 0 Å². The van der Waals surface area contributed by atoms with Crippen LogP contribution in [0.1, 0.15) is 64.6 Å². The molecule has 0 saturated heterocycles. The van der Waals surface area contributed by atoms with E-state index in [1.54, 1.807) is 6.92 Å². The Kier molecular flexibility index (Phi) is 10.9. The van der Waals surface area contributed by atoms with Gasteiger partial charge in [-0.15, -0.1) is 0 Å². The number of nitrogens with one attached hydrogen (secondary N) is 3. The molecule has 0 radical (unpaired) electrons. The average Bonchev–Trinajstić information content (AvgIpc) is 3.22. The number of anilines is 1. The summed E-state index contributed by atoms with van der Waals surface area (Å²) < 4.78 is 2.38. The minimum Gasteiger partial charge on any atom is -0.382 e. The highest BCUT2D eigenvalue weighted by molar-refractivity contribution is 6.06. The van der Waals surface area contributed by atoms with E-state index in [4.69, 9.17) is 10.7 Å². The lowest BCUT2D eigenvalue weighted by Gasteiger charge is -2.13. The lowest BCUT2D eigenvalue weighted by Crippen LogP contribution is -2.33. The Morgan fingerprint density at radius 1 is 1.06 bits per heavy atom. The molecule has 1 unspecified atom stereocenters. The molecule has 0 bridgehead atoms. The first kappa shape index (κ1) is 27.0. The van der Waals surface area contributed by atoms with Crippen molar-refractivity contribution in [3.05, 3.63) is 30.1 Å². The number of carbonyl (C=O) groups excluding carboxylic acids is 1. The number of fused-ring (bicyclic) bond motifs is 3. The fourth-order valence-corrected chi connectivity index (χ4v) is 4.61. The second kappa shape index (κ2) is 14.1. The highest BCUT2D eigenvalue weighted by Crippen LogP contribution is 2.29. The zero-order valence-corrected chi connectivity index (χ0v) is 21.7. The molecule has 3 rings (SSSR count). The summed E-state index contributed by atoms with van der Waals surface area (Å²) in [5.74, 6) is 1.86. The number of ketones is 1. The summed E-state index contributed by atoms with van der Waals surface area (Å²) in [6.45, 7) is 7.54. The van der Waals surface area contributed by atoms with Crippen molar-refractivity contribution in [2.75, 3.05) is 32.5 Å². The second-order valence-electron chi connectivity index (χ2n) is 9.33. The first-order valence-electron chi connectivity index (χ1n) is 13.2. The zero-order chi connectivity index (χ0) is 25.0. The molecule has 2 heterocycles. The molecule has 1 aromatic carbocycles. The molecule has 8 nitrogen and oxygen atoms in total.